The molecule has 0 aliphatic rings. The number of nitrogens with one attached hydrogen (secondary N) is 2. The van der Waals surface area contributed by atoms with Crippen LogP contribution >= 0.6 is 0 Å². The molecule has 0 aliphatic heterocycles. The van der Waals surface area contributed by atoms with E-state index >= 15 is 0 Å². The van der Waals surface area contributed by atoms with Crippen molar-refractivity contribution in [1.82, 2.24) is 5.16 Å². The van der Waals surface area contributed by atoms with Gasteiger partial charge in [-0.3, -0.25) is 9.59 Å². The summed E-state index contributed by atoms with van der Waals surface area (Å²) in [6.07, 6.45) is 0. The molecule has 0 radical (unpaired) electrons. The zero-order valence-electron chi connectivity index (χ0n) is 13.2. The molecule has 0 unspecified atom stereocenters. The first-order valence-electron chi connectivity index (χ1n) is 7.43. The number of nitrogens with zero attached hydrogens (tertiary/aromatic N) is 1. The lowest BCUT2D eigenvalue weighted by Gasteiger charge is -2.06. The van der Waals surface area contributed by atoms with E-state index in [0.717, 1.165) is 0 Å². The lowest BCUT2D eigenvalue weighted by atomic mass is 10.1. The normalized spacial score (nSPS) is 10.3. The van der Waals surface area contributed by atoms with Crippen molar-refractivity contribution < 1.29 is 18.5 Å². The van der Waals surface area contributed by atoms with E-state index in [0.29, 0.717) is 11.4 Å². The Morgan fingerprint density at radius 2 is 1.72 bits per heavy atom. The van der Waals surface area contributed by atoms with Crippen molar-refractivity contribution in [3.63, 3.8) is 0 Å². The summed E-state index contributed by atoms with van der Waals surface area (Å²) in [5.74, 6) is -1.02. The van der Waals surface area contributed by atoms with Crippen LogP contribution in [0.15, 0.2) is 59.1 Å². The van der Waals surface area contributed by atoms with Gasteiger partial charge in [0.1, 0.15) is 5.82 Å². The Kier molecular flexibility index (Phi) is 4.56. The summed E-state index contributed by atoms with van der Waals surface area (Å²) in [6.45, 7) is 1.39. The summed E-state index contributed by atoms with van der Waals surface area (Å²) < 4.78 is 18.8. The molecule has 2 amide bonds. The molecule has 1 aromatic heterocycles. The van der Waals surface area contributed by atoms with E-state index in [4.69, 9.17) is 4.52 Å². The zero-order chi connectivity index (χ0) is 17.8. The summed E-state index contributed by atoms with van der Waals surface area (Å²) in [6, 6.07) is 14.1. The molecule has 7 heteroatoms. The van der Waals surface area contributed by atoms with Gasteiger partial charge in [-0.25, -0.2) is 4.39 Å². The molecular formula is C18H14FN3O3. The highest BCUT2D eigenvalue weighted by Crippen LogP contribution is 2.24. The summed E-state index contributed by atoms with van der Waals surface area (Å²) in [4.78, 5) is 23.3. The van der Waals surface area contributed by atoms with Gasteiger partial charge in [-0.2, -0.15) is 0 Å². The molecule has 126 valence electrons. The fourth-order valence-electron chi connectivity index (χ4n) is 2.24. The Bertz CT molecular complexity index is 937. The number of carbonyl (C=O) groups excluding carboxylic acids is 2. The van der Waals surface area contributed by atoms with Crippen LogP contribution in [0.1, 0.15) is 17.4 Å². The van der Waals surface area contributed by atoms with E-state index in [2.05, 4.69) is 15.8 Å². The first kappa shape index (κ1) is 16.4. The van der Waals surface area contributed by atoms with Crippen LogP contribution in [0.3, 0.4) is 0 Å². The first-order valence-corrected chi connectivity index (χ1v) is 7.43. The van der Waals surface area contributed by atoms with Crippen LogP contribution < -0.4 is 10.6 Å². The highest BCUT2D eigenvalue weighted by atomic mass is 19.1. The number of benzene rings is 2. The first-order chi connectivity index (χ1) is 12.0. The maximum absolute atomic E-state index is 13.8. The number of anilines is 2. The van der Waals surface area contributed by atoms with Crippen LogP contribution in [0.2, 0.25) is 0 Å². The van der Waals surface area contributed by atoms with E-state index < -0.39 is 11.7 Å². The second kappa shape index (κ2) is 6.96. The minimum absolute atomic E-state index is 0.0168. The third kappa shape index (κ3) is 3.89. The summed E-state index contributed by atoms with van der Waals surface area (Å²) >= 11 is 0. The number of amides is 2. The number of rotatable bonds is 4. The molecule has 0 saturated heterocycles. The second-order valence-corrected chi connectivity index (χ2v) is 5.27. The smallest absolute Gasteiger partial charge is 0.277 e. The molecule has 0 atom stereocenters. The quantitative estimate of drug-likeness (QED) is 0.759. The van der Waals surface area contributed by atoms with Gasteiger partial charge in [-0.1, -0.05) is 23.4 Å². The maximum Gasteiger partial charge on any atom is 0.277 e. The zero-order valence-corrected chi connectivity index (χ0v) is 13.2. The Morgan fingerprint density at radius 3 is 2.44 bits per heavy atom. The van der Waals surface area contributed by atoms with Crippen LogP contribution in [0.5, 0.6) is 0 Å². The van der Waals surface area contributed by atoms with E-state index in [1.807, 2.05) is 0 Å². The van der Waals surface area contributed by atoms with Gasteiger partial charge in [-0.05, 0) is 30.3 Å². The van der Waals surface area contributed by atoms with Crippen molar-refractivity contribution in [2.45, 2.75) is 6.92 Å². The molecule has 2 aromatic carbocycles. The predicted molar refractivity (Wildman–Crippen MR) is 90.6 cm³/mol. The number of carbonyl (C=O) groups is 2. The van der Waals surface area contributed by atoms with Gasteiger partial charge in [0.05, 0.1) is 5.56 Å². The lowest BCUT2D eigenvalue weighted by molar-refractivity contribution is -0.114. The summed E-state index contributed by atoms with van der Waals surface area (Å²) in [7, 11) is 0. The standard InChI is InChI=1S/C18H14FN3O3/c1-11(23)20-12-5-4-6-13(9-12)21-18(24)16-10-17(25-22-16)14-7-2-3-8-15(14)19/h2-10H,1H3,(H,20,23)(H,21,24). The van der Waals surface area contributed by atoms with Gasteiger partial charge >= 0.3 is 0 Å². The van der Waals surface area contributed by atoms with Gasteiger partial charge in [0.2, 0.25) is 5.91 Å². The number of hydrogen-bond acceptors (Lipinski definition) is 4. The van der Waals surface area contributed by atoms with Crippen LogP contribution in [0.4, 0.5) is 15.8 Å². The average Bonchev–Trinajstić information content (AvgIpc) is 3.05. The number of halogens is 1. The van der Waals surface area contributed by atoms with E-state index in [1.165, 1.54) is 25.1 Å². The predicted octanol–water partition coefficient (Wildman–Crippen LogP) is 3.69. The lowest BCUT2D eigenvalue weighted by Crippen LogP contribution is -2.12. The number of hydrogen-bond donors (Lipinski definition) is 2. The van der Waals surface area contributed by atoms with Gasteiger partial charge < -0.3 is 15.2 Å². The topological polar surface area (TPSA) is 84.2 Å². The Balaban J connectivity index is 1.76. The number of aromatic nitrogens is 1. The van der Waals surface area contributed by atoms with Crippen LogP contribution in [0.25, 0.3) is 11.3 Å². The molecule has 2 N–H and O–H groups in total. The van der Waals surface area contributed by atoms with Crippen molar-refractivity contribution in [3.05, 3.63) is 66.1 Å². The minimum Gasteiger partial charge on any atom is -0.355 e. The molecule has 3 rings (SSSR count). The van der Waals surface area contributed by atoms with Gasteiger partial charge in [0.15, 0.2) is 11.5 Å². The van der Waals surface area contributed by atoms with E-state index in [-0.39, 0.29) is 22.9 Å². The monoisotopic (exact) mass is 339 g/mol. The van der Waals surface area contributed by atoms with Gasteiger partial charge in [0, 0.05) is 24.4 Å². The maximum atomic E-state index is 13.8. The van der Waals surface area contributed by atoms with Crippen molar-refractivity contribution in [1.29, 1.82) is 0 Å². The Hall–Kier alpha value is -3.48. The molecule has 6 nitrogen and oxygen atoms in total. The van der Waals surface area contributed by atoms with Crippen LogP contribution in [-0.2, 0) is 4.79 Å². The van der Waals surface area contributed by atoms with Gasteiger partial charge in [0.25, 0.3) is 5.91 Å². The molecule has 25 heavy (non-hydrogen) atoms. The largest absolute Gasteiger partial charge is 0.355 e. The van der Waals surface area contributed by atoms with Crippen molar-refractivity contribution in [2.24, 2.45) is 0 Å². The molecule has 0 saturated carbocycles. The van der Waals surface area contributed by atoms with E-state index in [9.17, 15) is 14.0 Å². The summed E-state index contributed by atoms with van der Waals surface area (Å²) in [5.41, 5.74) is 1.27. The van der Waals surface area contributed by atoms with Crippen LogP contribution in [-0.4, -0.2) is 17.0 Å². The van der Waals surface area contributed by atoms with E-state index in [1.54, 1.807) is 36.4 Å². The molecule has 3 aromatic rings. The van der Waals surface area contributed by atoms with Crippen molar-refractivity contribution >= 4 is 23.2 Å². The van der Waals surface area contributed by atoms with Crippen molar-refractivity contribution in [2.75, 3.05) is 10.6 Å². The second-order valence-electron chi connectivity index (χ2n) is 5.27. The molecule has 0 spiro atoms. The third-order valence-corrected chi connectivity index (χ3v) is 3.32. The van der Waals surface area contributed by atoms with Crippen LogP contribution in [0, 0.1) is 5.82 Å². The SMILES string of the molecule is CC(=O)Nc1cccc(NC(=O)c2cc(-c3ccccc3F)on2)c1. The van der Waals surface area contributed by atoms with Gasteiger partial charge in [-0.15, -0.1) is 0 Å². The Morgan fingerprint density at radius 1 is 1.00 bits per heavy atom. The fraction of sp³-hybridized carbons (Fsp3) is 0.0556. The molecule has 0 aliphatic carbocycles. The molecule has 1 heterocycles. The summed E-state index contributed by atoms with van der Waals surface area (Å²) in [5, 5.41) is 8.95. The molecular weight excluding hydrogens is 325 g/mol. The highest BCUT2D eigenvalue weighted by Gasteiger charge is 2.16. The Labute approximate surface area is 142 Å². The third-order valence-electron chi connectivity index (χ3n) is 3.32. The minimum atomic E-state index is -0.508. The highest BCUT2D eigenvalue weighted by molar-refractivity contribution is 6.03. The average molecular weight is 339 g/mol. The molecule has 0 fully saturated rings. The van der Waals surface area contributed by atoms with Crippen molar-refractivity contribution in [3.8, 4) is 11.3 Å². The fourth-order valence-corrected chi connectivity index (χ4v) is 2.24. The molecule has 0 bridgehead atoms.